The Balaban J connectivity index is 1.78. The van der Waals surface area contributed by atoms with Gasteiger partial charge in [-0.15, -0.1) is 0 Å². The van der Waals surface area contributed by atoms with Crippen molar-refractivity contribution >= 4 is 16.7 Å². The Morgan fingerprint density at radius 3 is 2.55 bits per heavy atom. The molecule has 0 radical (unpaired) electrons. The number of aryl methyl sites for hydroxylation is 1. The number of aliphatic hydroxyl groups is 3. The van der Waals surface area contributed by atoms with Crippen molar-refractivity contribution in [3.63, 3.8) is 0 Å². The molecule has 3 atom stereocenters. The molecule has 2 aromatic carbocycles. The highest BCUT2D eigenvalue weighted by Gasteiger charge is 2.29. The number of hydrogen-bond acceptors (Lipinski definition) is 8. The summed E-state index contributed by atoms with van der Waals surface area (Å²) >= 11 is 0. The Morgan fingerprint density at radius 1 is 1.14 bits per heavy atom. The molecule has 3 aromatic rings. The molecule has 7 N–H and O–H groups in total. The minimum absolute atomic E-state index is 0.119. The Hall–Kier alpha value is -2.69. The first-order valence-electron chi connectivity index (χ1n) is 9.23. The van der Waals surface area contributed by atoms with Crippen molar-refractivity contribution in [3.8, 4) is 16.9 Å². The van der Waals surface area contributed by atoms with Crippen molar-refractivity contribution in [2.75, 3.05) is 12.3 Å². The smallest absolute Gasteiger partial charge is 0.258 e. The first kappa shape index (κ1) is 21.0. The number of aromatic nitrogens is 2. The number of H-pyrrole nitrogens is 1. The summed E-state index contributed by atoms with van der Waals surface area (Å²) in [6, 6.07) is 11.2. The number of nitrogens with zero attached hydrogens (tertiary/aromatic N) is 1. The summed E-state index contributed by atoms with van der Waals surface area (Å²) in [6.07, 6.45) is -3.74. The molecule has 9 heteroatoms. The van der Waals surface area contributed by atoms with Crippen LogP contribution in [0.5, 0.6) is 5.75 Å². The summed E-state index contributed by atoms with van der Waals surface area (Å²) < 4.78 is 5.55. The Bertz CT molecular complexity index is 961. The van der Waals surface area contributed by atoms with E-state index in [0.29, 0.717) is 18.0 Å². The quantitative estimate of drug-likeness (QED) is 0.180. The molecule has 0 saturated carbocycles. The number of aromatic amines is 1. The maximum Gasteiger partial charge on any atom is 0.258 e. The van der Waals surface area contributed by atoms with Crippen LogP contribution in [0.25, 0.3) is 22.0 Å². The number of nitrogens with one attached hydrogen (secondary N) is 1. The fourth-order valence-corrected chi connectivity index (χ4v) is 3.11. The van der Waals surface area contributed by atoms with Crippen LogP contribution in [-0.4, -0.2) is 55.9 Å². The van der Waals surface area contributed by atoms with Crippen LogP contribution in [0.3, 0.4) is 0 Å². The van der Waals surface area contributed by atoms with Gasteiger partial charge in [0.25, 0.3) is 6.29 Å². The van der Waals surface area contributed by atoms with Crippen LogP contribution in [0.4, 0.5) is 5.82 Å². The second-order valence-electron chi connectivity index (χ2n) is 6.86. The largest absolute Gasteiger partial charge is 0.459 e. The summed E-state index contributed by atoms with van der Waals surface area (Å²) in [7, 11) is 0. The van der Waals surface area contributed by atoms with Crippen molar-refractivity contribution in [3.05, 3.63) is 42.0 Å². The van der Waals surface area contributed by atoms with Crippen LogP contribution in [0.15, 0.2) is 36.4 Å². The number of nitrogen functional groups attached to an aromatic ring is 1. The summed E-state index contributed by atoms with van der Waals surface area (Å²) in [6.45, 7) is 1.69. The fraction of sp³-hybridized carbons (Fsp3) is 0.350. The number of benzene rings is 2. The van der Waals surface area contributed by atoms with E-state index in [-0.39, 0.29) is 13.0 Å². The molecule has 1 heterocycles. The fourth-order valence-electron chi connectivity index (χ4n) is 3.11. The predicted octanol–water partition coefficient (Wildman–Crippen LogP) is 1.81. The van der Waals surface area contributed by atoms with Gasteiger partial charge in [0.15, 0.2) is 5.82 Å². The number of anilines is 1. The molecule has 1 aromatic heterocycles. The van der Waals surface area contributed by atoms with Crippen LogP contribution in [-0.2, 0) is 4.89 Å². The van der Waals surface area contributed by atoms with E-state index in [4.69, 9.17) is 20.8 Å². The van der Waals surface area contributed by atoms with Crippen LogP contribution < -0.4 is 10.5 Å². The lowest BCUT2D eigenvalue weighted by Gasteiger charge is -2.25. The third-order valence-corrected chi connectivity index (χ3v) is 4.78. The first-order valence-corrected chi connectivity index (χ1v) is 9.23. The molecule has 0 aliphatic carbocycles. The molecule has 29 heavy (non-hydrogen) atoms. The number of nitrogens with two attached hydrogens (primary N) is 1. The predicted molar refractivity (Wildman–Crippen MR) is 107 cm³/mol. The topological polar surface area (TPSA) is 154 Å². The zero-order chi connectivity index (χ0) is 21.0. The van der Waals surface area contributed by atoms with Crippen molar-refractivity contribution in [2.45, 2.75) is 38.3 Å². The van der Waals surface area contributed by atoms with Crippen LogP contribution >= 0.6 is 0 Å². The molecule has 156 valence electrons. The van der Waals surface area contributed by atoms with E-state index >= 15 is 0 Å². The van der Waals surface area contributed by atoms with Crippen LogP contribution in [0.2, 0.25) is 0 Å². The Labute approximate surface area is 167 Å². The lowest BCUT2D eigenvalue weighted by atomic mass is 10.0. The summed E-state index contributed by atoms with van der Waals surface area (Å²) in [5.74, 6) is 0.806. The average molecular weight is 403 g/mol. The number of rotatable bonds is 9. The third kappa shape index (κ3) is 4.66. The highest BCUT2D eigenvalue weighted by atomic mass is 17.1. The van der Waals surface area contributed by atoms with Gasteiger partial charge in [0, 0.05) is 12.0 Å². The Kier molecular flexibility index (Phi) is 6.68. The molecule has 3 rings (SSSR count). The zero-order valence-corrected chi connectivity index (χ0v) is 15.9. The van der Waals surface area contributed by atoms with Crippen LogP contribution in [0, 0.1) is 6.92 Å². The van der Waals surface area contributed by atoms with Crippen molar-refractivity contribution in [1.29, 1.82) is 0 Å². The molecule has 0 fully saturated rings. The maximum absolute atomic E-state index is 10.1. The van der Waals surface area contributed by atoms with Crippen molar-refractivity contribution in [1.82, 2.24) is 10.2 Å². The number of aliphatic hydroxyl groups excluding tert-OH is 3. The minimum Gasteiger partial charge on any atom is -0.459 e. The molecular weight excluding hydrogens is 378 g/mol. The van der Waals surface area contributed by atoms with E-state index < -0.39 is 18.5 Å². The molecule has 0 bridgehead atoms. The van der Waals surface area contributed by atoms with E-state index in [1.165, 1.54) is 0 Å². The van der Waals surface area contributed by atoms with Gasteiger partial charge in [0.2, 0.25) is 0 Å². The molecule has 0 aliphatic heterocycles. The van der Waals surface area contributed by atoms with Crippen molar-refractivity contribution in [2.24, 2.45) is 0 Å². The van der Waals surface area contributed by atoms with Crippen LogP contribution in [0.1, 0.15) is 18.4 Å². The molecular formula is C20H25N3O6. The summed E-state index contributed by atoms with van der Waals surface area (Å²) in [5.41, 5.74) is 9.32. The highest BCUT2D eigenvalue weighted by Crippen LogP contribution is 2.30. The van der Waals surface area contributed by atoms with E-state index in [2.05, 4.69) is 15.1 Å². The molecule has 3 unspecified atom stereocenters. The molecule has 0 amide bonds. The van der Waals surface area contributed by atoms with E-state index in [0.717, 1.165) is 27.6 Å². The second-order valence-corrected chi connectivity index (χ2v) is 6.86. The average Bonchev–Trinajstić information content (AvgIpc) is 3.10. The third-order valence-electron chi connectivity index (χ3n) is 4.78. The van der Waals surface area contributed by atoms with E-state index in [1.54, 1.807) is 6.07 Å². The standard InChI is InChI=1S/C20H25N3O6/c1-11-9-12(13-4-6-15-14(10-13)19(21)23-22-15)5-7-17(11)28-20(29-27)18(26)16(25)3-2-8-24/h4-7,9-10,16,18,20,24-27H,2-3,8H2,1H3,(H3,21,22,23). The molecule has 0 aliphatic rings. The monoisotopic (exact) mass is 403 g/mol. The number of fused-ring (bicyclic) bond motifs is 1. The minimum atomic E-state index is -1.49. The van der Waals surface area contributed by atoms with Gasteiger partial charge in [0.05, 0.1) is 11.6 Å². The molecule has 9 nitrogen and oxygen atoms in total. The SMILES string of the molecule is Cc1cc(-c2ccc3[nH]nc(N)c3c2)ccc1OC(OO)C(O)C(O)CCCO. The van der Waals surface area contributed by atoms with Gasteiger partial charge in [-0.2, -0.15) is 9.99 Å². The lowest BCUT2D eigenvalue weighted by Crippen LogP contribution is -2.42. The maximum atomic E-state index is 10.1. The summed E-state index contributed by atoms with van der Waals surface area (Å²) in [4.78, 5) is 4.22. The number of hydrogen-bond donors (Lipinski definition) is 6. The van der Waals surface area contributed by atoms with Gasteiger partial charge in [-0.3, -0.25) is 5.10 Å². The van der Waals surface area contributed by atoms with E-state index in [1.807, 2.05) is 37.3 Å². The van der Waals surface area contributed by atoms with E-state index in [9.17, 15) is 10.2 Å². The van der Waals surface area contributed by atoms with Crippen molar-refractivity contribution < 1.29 is 30.2 Å². The lowest BCUT2D eigenvalue weighted by molar-refractivity contribution is -0.352. The molecule has 0 spiro atoms. The van der Waals surface area contributed by atoms with Gasteiger partial charge >= 0.3 is 0 Å². The van der Waals surface area contributed by atoms with Gasteiger partial charge in [-0.1, -0.05) is 12.1 Å². The summed E-state index contributed by atoms with van der Waals surface area (Å²) in [5, 5.41) is 45.7. The highest BCUT2D eigenvalue weighted by molar-refractivity contribution is 5.92. The van der Waals surface area contributed by atoms with Gasteiger partial charge in [-0.05, 0) is 60.7 Å². The Morgan fingerprint density at radius 2 is 1.86 bits per heavy atom. The first-order chi connectivity index (χ1) is 13.9. The second kappa shape index (κ2) is 9.21. The molecule has 0 saturated heterocycles. The van der Waals surface area contributed by atoms with Gasteiger partial charge in [0.1, 0.15) is 11.9 Å². The van der Waals surface area contributed by atoms with Gasteiger partial charge in [-0.25, -0.2) is 5.26 Å². The normalized spacial score (nSPS) is 14.7. The van der Waals surface area contributed by atoms with Gasteiger partial charge < -0.3 is 25.8 Å². The number of ether oxygens (including phenoxy) is 1. The zero-order valence-electron chi connectivity index (χ0n) is 15.9.